The molecule has 0 aliphatic rings. The highest BCUT2D eigenvalue weighted by Crippen LogP contribution is 2.22. The molecule has 0 aromatic carbocycles. The van der Waals surface area contributed by atoms with Crippen molar-refractivity contribution in [1.82, 2.24) is 15.0 Å². The van der Waals surface area contributed by atoms with Gasteiger partial charge in [0.1, 0.15) is 5.69 Å². The molecule has 0 saturated carbocycles. The number of aromatic nitrogens is 3. The second-order valence-electron chi connectivity index (χ2n) is 3.21. The molecule has 92 valence electrons. The van der Waals surface area contributed by atoms with Gasteiger partial charge in [0.05, 0.1) is 0 Å². The number of rotatable bonds is 3. The van der Waals surface area contributed by atoms with Crippen LogP contribution in [0.15, 0.2) is 50.6 Å². The molecule has 0 fully saturated rings. The molecule has 2 rings (SSSR count). The lowest BCUT2D eigenvalue weighted by Crippen LogP contribution is -2.14. The molecule has 0 radical (unpaired) electrons. The number of H-pyrrole nitrogens is 1. The minimum atomic E-state index is -0.214. The average Bonchev–Trinajstić information content (AvgIpc) is 2.39. The maximum absolute atomic E-state index is 11.1. The molecule has 18 heavy (non-hydrogen) atoms. The summed E-state index contributed by atoms with van der Waals surface area (Å²) in [4.78, 5) is 22.5. The van der Waals surface area contributed by atoms with Gasteiger partial charge in [0, 0.05) is 23.4 Å². The van der Waals surface area contributed by atoms with Crippen LogP contribution in [0.5, 0.6) is 0 Å². The Hall–Kier alpha value is -2.35. The first-order valence-corrected chi connectivity index (χ1v) is 5.68. The molecular formula is C10H9N5O2S. The van der Waals surface area contributed by atoms with Crippen molar-refractivity contribution in [3.63, 3.8) is 0 Å². The molecule has 2 heterocycles. The van der Waals surface area contributed by atoms with Crippen molar-refractivity contribution in [2.24, 2.45) is 10.9 Å². The third kappa shape index (κ3) is 2.86. The highest BCUT2D eigenvalue weighted by atomic mass is 32.2. The number of oxime groups is 1. The quantitative estimate of drug-likeness (QED) is 0.243. The van der Waals surface area contributed by atoms with E-state index in [1.54, 1.807) is 18.3 Å². The van der Waals surface area contributed by atoms with Gasteiger partial charge in [-0.3, -0.25) is 9.78 Å². The van der Waals surface area contributed by atoms with E-state index >= 15 is 0 Å². The van der Waals surface area contributed by atoms with E-state index in [0.717, 1.165) is 4.90 Å². The fraction of sp³-hybridized carbons (Fsp3) is 0. The van der Waals surface area contributed by atoms with E-state index < -0.39 is 0 Å². The molecule has 2 aromatic rings. The maximum atomic E-state index is 11.1. The molecule has 0 bridgehead atoms. The van der Waals surface area contributed by atoms with Crippen LogP contribution in [0.4, 0.5) is 0 Å². The number of hydrogen-bond donors (Lipinski definition) is 3. The van der Waals surface area contributed by atoms with Crippen molar-refractivity contribution in [1.29, 1.82) is 0 Å². The molecule has 0 saturated heterocycles. The summed E-state index contributed by atoms with van der Waals surface area (Å²) in [5.74, 6) is -0.0576. The minimum absolute atomic E-state index is 0.0576. The highest BCUT2D eigenvalue weighted by molar-refractivity contribution is 7.99. The first kappa shape index (κ1) is 12.1. The maximum Gasteiger partial charge on any atom is 0.251 e. The van der Waals surface area contributed by atoms with Crippen LogP contribution in [-0.4, -0.2) is 26.0 Å². The van der Waals surface area contributed by atoms with Gasteiger partial charge in [-0.1, -0.05) is 16.9 Å². The Morgan fingerprint density at radius 3 is 2.83 bits per heavy atom. The Morgan fingerprint density at radius 2 is 2.22 bits per heavy atom. The zero-order chi connectivity index (χ0) is 13.0. The summed E-state index contributed by atoms with van der Waals surface area (Å²) >= 11 is 1.26. The lowest BCUT2D eigenvalue weighted by atomic mass is 10.3. The van der Waals surface area contributed by atoms with E-state index in [0.29, 0.717) is 10.9 Å². The van der Waals surface area contributed by atoms with Crippen LogP contribution in [0.25, 0.3) is 0 Å². The van der Waals surface area contributed by atoms with Gasteiger partial charge in [-0.25, -0.2) is 4.98 Å². The smallest absolute Gasteiger partial charge is 0.251 e. The van der Waals surface area contributed by atoms with Crippen molar-refractivity contribution in [3.05, 3.63) is 46.6 Å². The van der Waals surface area contributed by atoms with Crippen molar-refractivity contribution >= 4 is 17.6 Å². The first-order valence-electron chi connectivity index (χ1n) is 4.86. The topological polar surface area (TPSA) is 117 Å². The Labute approximate surface area is 106 Å². The van der Waals surface area contributed by atoms with Crippen molar-refractivity contribution in [2.45, 2.75) is 10.1 Å². The summed E-state index contributed by atoms with van der Waals surface area (Å²) < 4.78 is 0. The van der Waals surface area contributed by atoms with E-state index in [-0.39, 0.29) is 11.4 Å². The van der Waals surface area contributed by atoms with Gasteiger partial charge in [0.15, 0.2) is 11.0 Å². The number of hydrogen-bond acceptors (Lipinski definition) is 6. The van der Waals surface area contributed by atoms with E-state index in [9.17, 15) is 4.79 Å². The Bertz CT molecular complexity index is 623. The van der Waals surface area contributed by atoms with Crippen LogP contribution in [0, 0.1) is 0 Å². The largest absolute Gasteiger partial charge is 0.409 e. The van der Waals surface area contributed by atoms with E-state index in [1.807, 2.05) is 0 Å². The summed E-state index contributed by atoms with van der Waals surface area (Å²) in [6, 6.07) is 4.68. The summed E-state index contributed by atoms with van der Waals surface area (Å²) in [7, 11) is 0. The number of nitrogens with two attached hydrogens (primary N) is 1. The number of pyridine rings is 1. The van der Waals surface area contributed by atoms with E-state index in [2.05, 4.69) is 20.1 Å². The molecule has 0 unspecified atom stereocenters. The third-order valence-electron chi connectivity index (χ3n) is 1.97. The molecule has 0 aliphatic carbocycles. The van der Waals surface area contributed by atoms with Crippen LogP contribution >= 0.6 is 11.8 Å². The Balaban J connectivity index is 2.18. The monoisotopic (exact) mass is 263 g/mol. The molecule has 7 nitrogen and oxygen atoms in total. The summed E-state index contributed by atoms with van der Waals surface area (Å²) in [5, 5.41) is 11.8. The van der Waals surface area contributed by atoms with Crippen LogP contribution < -0.4 is 11.3 Å². The molecule has 8 heteroatoms. The predicted octanol–water partition coefficient (Wildman–Crippen LogP) is 0.411. The second kappa shape index (κ2) is 5.32. The van der Waals surface area contributed by atoms with Crippen LogP contribution in [0.1, 0.15) is 5.69 Å². The van der Waals surface area contributed by atoms with Crippen LogP contribution in [-0.2, 0) is 0 Å². The zero-order valence-electron chi connectivity index (χ0n) is 9.07. The van der Waals surface area contributed by atoms with Gasteiger partial charge in [0.25, 0.3) is 5.56 Å². The molecule has 0 atom stereocenters. The molecule has 0 amide bonds. The van der Waals surface area contributed by atoms with E-state index in [1.165, 1.54) is 24.0 Å². The van der Waals surface area contributed by atoms with Crippen molar-refractivity contribution in [2.75, 3.05) is 0 Å². The number of nitrogens with zero attached hydrogens (tertiary/aromatic N) is 3. The zero-order valence-corrected chi connectivity index (χ0v) is 9.89. The molecule has 0 aliphatic heterocycles. The predicted molar refractivity (Wildman–Crippen MR) is 65.7 cm³/mol. The normalized spacial score (nSPS) is 11.4. The minimum Gasteiger partial charge on any atom is -0.409 e. The Kier molecular flexibility index (Phi) is 3.58. The van der Waals surface area contributed by atoms with Gasteiger partial charge >= 0.3 is 0 Å². The van der Waals surface area contributed by atoms with Gasteiger partial charge < -0.3 is 15.9 Å². The van der Waals surface area contributed by atoms with Crippen LogP contribution in [0.2, 0.25) is 0 Å². The lowest BCUT2D eigenvalue weighted by Gasteiger charge is -2.01. The van der Waals surface area contributed by atoms with E-state index in [4.69, 9.17) is 10.9 Å². The number of nitrogens with one attached hydrogen (secondary N) is 1. The first-order chi connectivity index (χ1) is 8.69. The Morgan fingerprint density at radius 1 is 1.39 bits per heavy atom. The third-order valence-corrected chi connectivity index (χ3v) is 2.85. The van der Waals surface area contributed by atoms with Gasteiger partial charge in [0.2, 0.25) is 0 Å². The van der Waals surface area contributed by atoms with Crippen molar-refractivity contribution in [3.8, 4) is 0 Å². The summed E-state index contributed by atoms with van der Waals surface area (Å²) in [6.07, 6.45) is 2.98. The SMILES string of the molecule is N/C(=N/O)c1ccc(Sc2nccc(=O)[nH]2)cn1. The molecular weight excluding hydrogens is 254 g/mol. The van der Waals surface area contributed by atoms with Crippen molar-refractivity contribution < 1.29 is 5.21 Å². The fourth-order valence-electron chi connectivity index (χ4n) is 1.16. The standard InChI is InChI=1S/C10H9N5O2S/c11-9(15-17)7-2-1-6(5-13-7)18-10-12-4-3-8(16)14-10/h1-5,17H,(H2,11,15)(H,12,14,16). The number of aromatic amines is 1. The molecule has 4 N–H and O–H groups in total. The molecule has 0 spiro atoms. The summed E-state index contributed by atoms with van der Waals surface area (Å²) in [5.41, 5.74) is 5.55. The van der Waals surface area contributed by atoms with Gasteiger partial charge in [-0.2, -0.15) is 0 Å². The highest BCUT2D eigenvalue weighted by Gasteiger charge is 2.03. The fourth-order valence-corrected chi connectivity index (χ4v) is 1.89. The van der Waals surface area contributed by atoms with Crippen LogP contribution in [0.3, 0.4) is 0 Å². The average molecular weight is 263 g/mol. The number of amidine groups is 1. The lowest BCUT2D eigenvalue weighted by molar-refractivity contribution is 0.318. The summed E-state index contributed by atoms with van der Waals surface area (Å²) in [6.45, 7) is 0. The van der Waals surface area contributed by atoms with Gasteiger partial charge in [-0.05, 0) is 12.1 Å². The molecule has 2 aromatic heterocycles. The van der Waals surface area contributed by atoms with Gasteiger partial charge in [-0.15, -0.1) is 0 Å². The second-order valence-corrected chi connectivity index (χ2v) is 4.27.